The van der Waals surface area contributed by atoms with Gasteiger partial charge in [0.25, 0.3) is 5.91 Å². The van der Waals surface area contributed by atoms with Crippen LogP contribution in [0.15, 0.2) is 59.5 Å². The number of benzene rings is 2. The molecule has 1 amide bonds. The van der Waals surface area contributed by atoms with Crippen LogP contribution in [0.4, 0.5) is 8.78 Å². The largest absolute Gasteiger partial charge is 0.329 e. The summed E-state index contributed by atoms with van der Waals surface area (Å²) in [5.74, 6) is -2.28. The van der Waals surface area contributed by atoms with Crippen LogP contribution in [0.5, 0.6) is 0 Å². The van der Waals surface area contributed by atoms with Crippen molar-refractivity contribution in [1.82, 2.24) is 9.47 Å². The van der Waals surface area contributed by atoms with Crippen molar-refractivity contribution in [3.05, 3.63) is 103 Å². The molecule has 1 aliphatic heterocycles. The van der Waals surface area contributed by atoms with E-state index in [1.54, 1.807) is 6.07 Å². The molecule has 0 bridgehead atoms. The minimum atomic E-state index is -1.52. The number of amides is 1. The molecule has 0 unspecified atom stereocenters. The number of hydrogen-bond donors (Lipinski definition) is 1. The molecule has 2 heterocycles. The Hall–Kier alpha value is -2.74. The number of hydrogen-bond acceptors (Lipinski definition) is 3. The van der Waals surface area contributed by atoms with Crippen LogP contribution in [0.2, 0.25) is 10.0 Å². The van der Waals surface area contributed by atoms with E-state index < -0.39 is 35.0 Å². The number of rotatable bonds is 4. The standard InChI is InChI=1S/C28H29Cl2F2N3O2/c1-27(2,3)13-17-15-35(26(37)16-8-11-23(36)34(4)14-16)25(19-6-5-7-21(30)24(19)32)28(17,33)20-10-9-18(29)12-22(20)31/h5-12,14,17,25H,13,15,33H2,1-4H3/t17-,25-,28+/m1/s1. The van der Waals surface area contributed by atoms with Gasteiger partial charge in [-0.25, -0.2) is 8.78 Å². The summed E-state index contributed by atoms with van der Waals surface area (Å²) in [5, 5.41) is 0.0593. The predicted molar refractivity (Wildman–Crippen MR) is 142 cm³/mol. The third-order valence-electron chi connectivity index (χ3n) is 6.98. The summed E-state index contributed by atoms with van der Waals surface area (Å²) in [7, 11) is 1.54. The molecule has 37 heavy (non-hydrogen) atoms. The van der Waals surface area contributed by atoms with E-state index in [1.807, 2.05) is 20.8 Å². The third kappa shape index (κ3) is 5.05. The number of nitrogens with two attached hydrogens (primary N) is 1. The van der Waals surface area contributed by atoms with E-state index in [1.165, 1.54) is 65.2 Å². The Morgan fingerprint density at radius 2 is 1.84 bits per heavy atom. The molecule has 2 N–H and O–H groups in total. The highest BCUT2D eigenvalue weighted by Gasteiger charge is 2.57. The Labute approximate surface area is 224 Å². The van der Waals surface area contributed by atoms with Crippen molar-refractivity contribution in [2.24, 2.45) is 24.1 Å². The van der Waals surface area contributed by atoms with Crippen LogP contribution in [0, 0.1) is 23.0 Å². The molecule has 0 aliphatic carbocycles. The van der Waals surface area contributed by atoms with Crippen molar-refractivity contribution in [2.45, 2.75) is 38.8 Å². The number of aromatic nitrogens is 1. The van der Waals surface area contributed by atoms with Crippen molar-refractivity contribution >= 4 is 29.1 Å². The van der Waals surface area contributed by atoms with Crippen molar-refractivity contribution < 1.29 is 13.6 Å². The minimum Gasteiger partial charge on any atom is -0.329 e. The molecule has 1 aromatic heterocycles. The predicted octanol–water partition coefficient (Wildman–Crippen LogP) is 6.07. The van der Waals surface area contributed by atoms with Crippen LogP contribution in [-0.4, -0.2) is 21.9 Å². The average molecular weight is 548 g/mol. The van der Waals surface area contributed by atoms with Crippen molar-refractivity contribution in [2.75, 3.05) is 6.54 Å². The number of carbonyl (C=O) groups excluding carboxylic acids is 1. The molecular weight excluding hydrogens is 519 g/mol. The number of pyridine rings is 1. The first-order chi connectivity index (χ1) is 17.2. The SMILES string of the molecule is Cn1cc(C(=O)N2C[C@@H](CC(C)(C)C)[C@](N)(c3ccc(Cl)cc3F)[C@H]2c2cccc(Cl)c2F)ccc1=O. The summed E-state index contributed by atoms with van der Waals surface area (Å²) in [4.78, 5) is 27.4. The van der Waals surface area contributed by atoms with Crippen LogP contribution < -0.4 is 11.3 Å². The van der Waals surface area contributed by atoms with Gasteiger partial charge in [-0.3, -0.25) is 9.59 Å². The highest BCUT2D eigenvalue weighted by atomic mass is 35.5. The second kappa shape index (κ2) is 9.86. The van der Waals surface area contributed by atoms with E-state index in [0.717, 1.165) is 0 Å². The van der Waals surface area contributed by atoms with Gasteiger partial charge in [0.2, 0.25) is 5.56 Å². The molecule has 0 spiro atoms. The van der Waals surface area contributed by atoms with Gasteiger partial charge in [0.15, 0.2) is 0 Å². The van der Waals surface area contributed by atoms with Gasteiger partial charge in [0.05, 0.1) is 22.2 Å². The van der Waals surface area contributed by atoms with Gasteiger partial charge in [0.1, 0.15) is 11.6 Å². The van der Waals surface area contributed by atoms with Crippen molar-refractivity contribution in [3.8, 4) is 0 Å². The van der Waals surface area contributed by atoms with Crippen molar-refractivity contribution in [3.63, 3.8) is 0 Å². The quantitative estimate of drug-likeness (QED) is 0.430. The number of likely N-dealkylation sites (tertiary alicyclic amines) is 1. The fraction of sp³-hybridized carbons (Fsp3) is 0.357. The smallest absolute Gasteiger partial charge is 0.255 e. The molecule has 1 saturated heterocycles. The molecule has 1 aliphatic rings. The number of halogens is 4. The second-order valence-electron chi connectivity index (χ2n) is 10.9. The lowest BCUT2D eigenvalue weighted by Gasteiger charge is -2.40. The van der Waals surface area contributed by atoms with Gasteiger partial charge >= 0.3 is 0 Å². The molecule has 0 saturated carbocycles. The summed E-state index contributed by atoms with van der Waals surface area (Å²) in [6, 6.07) is 10.3. The van der Waals surface area contributed by atoms with Gasteiger partial charge < -0.3 is 15.2 Å². The molecule has 3 atom stereocenters. The third-order valence-corrected chi connectivity index (χ3v) is 7.51. The zero-order valence-electron chi connectivity index (χ0n) is 21.1. The van der Waals surface area contributed by atoms with Crippen molar-refractivity contribution in [1.29, 1.82) is 0 Å². The number of carbonyl (C=O) groups is 1. The molecule has 0 radical (unpaired) electrons. The van der Waals surface area contributed by atoms with E-state index in [0.29, 0.717) is 6.42 Å². The molecule has 2 aromatic carbocycles. The Morgan fingerprint density at radius 1 is 1.14 bits per heavy atom. The maximum Gasteiger partial charge on any atom is 0.255 e. The zero-order valence-corrected chi connectivity index (χ0v) is 22.6. The molecular formula is C28H29Cl2F2N3O2. The number of aryl methyl sites for hydroxylation is 1. The molecule has 196 valence electrons. The monoisotopic (exact) mass is 547 g/mol. The summed E-state index contributed by atoms with van der Waals surface area (Å²) >= 11 is 12.2. The van der Waals surface area contributed by atoms with E-state index in [2.05, 4.69) is 0 Å². The van der Waals surface area contributed by atoms with Crippen LogP contribution in [0.1, 0.15) is 54.7 Å². The maximum absolute atomic E-state index is 15.6. The van der Waals surface area contributed by atoms with E-state index in [9.17, 15) is 9.59 Å². The van der Waals surface area contributed by atoms with Gasteiger partial charge in [-0.2, -0.15) is 0 Å². The van der Waals surface area contributed by atoms with Crippen LogP contribution >= 0.6 is 23.2 Å². The Balaban J connectivity index is 2.00. The fourth-order valence-corrected chi connectivity index (χ4v) is 5.74. The lowest BCUT2D eigenvalue weighted by molar-refractivity contribution is 0.0700. The van der Waals surface area contributed by atoms with Gasteiger partial charge in [0, 0.05) is 47.9 Å². The molecule has 4 rings (SSSR count). The fourth-order valence-electron chi connectivity index (χ4n) is 5.40. The highest BCUT2D eigenvalue weighted by Crippen LogP contribution is 2.53. The Bertz CT molecular complexity index is 1420. The summed E-state index contributed by atoms with van der Waals surface area (Å²) < 4.78 is 32.4. The van der Waals surface area contributed by atoms with E-state index in [4.69, 9.17) is 28.9 Å². The lowest BCUT2D eigenvalue weighted by atomic mass is 9.69. The first-order valence-electron chi connectivity index (χ1n) is 11.9. The van der Waals surface area contributed by atoms with Gasteiger partial charge in [-0.1, -0.05) is 62.2 Å². The summed E-state index contributed by atoms with van der Waals surface area (Å²) in [5.41, 5.74) is 5.59. The zero-order chi connectivity index (χ0) is 27.3. The van der Waals surface area contributed by atoms with Crippen LogP contribution in [-0.2, 0) is 12.6 Å². The topological polar surface area (TPSA) is 68.3 Å². The van der Waals surface area contributed by atoms with Crippen LogP contribution in [0.3, 0.4) is 0 Å². The Morgan fingerprint density at radius 3 is 2.46 bits per heavy atom. The molecule has 1 fully saturated rings. The minimum absolute atomic E-state index is 0.0823. The highest BCUT2D eigenvalue weighted by molar-refractivity contribution is 6.31. The average Bonchev–Trinajstić information content (AvgIpc) is 3.08. The molecule has 5 nitrogen and oxygen atoms in total. The summed E-state index contributed by atoms with van der Waals surface area (Å²) in [6.07, 6.45) is 1.94. The molecule has 9 heteroatoms. The first-order valence-corrected chi connectivity index (χ1v) is 12.7. The summed E-state index contributed by atoms with van der Waals surface area (Å²) in [6.45, 7) is 6.21. The normalized spacial score (nSPS) is 21.9. The number of nitrogens with zero attached hydrogens (tertiary/aromatic N) is 2. The van der Waals surface area contributed by atoms with Crippen LogP contribution in [0.25, 0.3) is 0 Å². The van der Waals surface area contributed by atoms with E-state index >= 15 is 8.78 Å². The first kappa shape index (κ1) is 27.3. The van der Waals surface area contributed by atoms with Gasteiger partial charge in [-0.15, -0.1) is 0 Å². The second-order valence-corrected chi connectivity index (χ2v) is 11.7. The molecule has 3 aromatic rings. The maximum atomic E-state index is 15.6. The lowest BCUT2D eigenvalue weighted by Crippen LogP contribution is -2.49. The Kier molecular flexibility index (Phi) is 7.27. The van der Waals surface area contributed by atoms with Gasteiger partial charge in [-0.05, 0) is 36.1 Å². The van der Waals surface area contributed by atoms with E-state index in [-0.39, 0.29) is 44.3 Å².